The van der Waals surface area contributed by atoms with E-state index in [1.807, 2.05) is 6.92 Å². The van der Waals surface area contributed by atoms with Crippen molar-refractivity contribution >= 4 is 11.8 Å². The third-order valence-corrected chi connectivity index (χ3v) is 2.29. The molecule has 5 heteroatoms. The number of likely N-dealkylation sites (N-methyl/N-ethyl adjacent to an activating group) is 2. The normalized spacial score (nSPS) is 12.1. The SMILES string of the molecule is CCN(CC(=O)N(C)C)C(=O)C(C)CN. The van der Waals surface area contributed by atoms with Crippen LogP contribution in [0.15, 0.2) is 0 Å². The molecule has 0 saturated heterocycles. The third-order valence-electron chi connectivity index (χ3n) is 2.29. The van der Waals surface area contributed by atoms with Gasteiger partial charge in [-0.25, -0.2) is 0 Å². The summed E-state index contributed by atoms with van der Waals surface area (Å²) >= 11 is 0. The van der Waals surface area contributed by atoms with Crippen LogP contribution in [0.3, 0.4) is 0 Å². The van der Waals surface area contributed by atoms with Gasteiger partial charge in [-0.15, -0.1) is 0 Å². The van der Waals surface area contributed by atoms with E-state index in [1.54, 1.807) is 21.0 Å². The maximum absolute atomic E-state index is 11.7. The second kappa shape index (κ2) is 6.40. The Bertz CT molecular complexity index is 229. The first-order valence-electron chi connectivity index (χ1n) is 5.13. The van der Waals surface area contributed by atoms with Crippen LogP contribution in [0.2, 0.25) is 0 Å². The summed E-state index contributed by atoms with van der Waals surface area (Å²) in [6.45, 7) is 4.59. The maximum atomic E-state index is 11.7. The molecule has 0 fully saturated rings. The van der Waals surface area contributed by atoms with Crippen LogP contribution < -0.4 is 5.73 Å². The molecule has 0 aliphatic carbocycles. The zero-order chi connectivity index (χ0) is 12.0. The molecule has 0 saturated carbocycles. The van der Waals surface area contributed by atoms with Gasteiger partial charge in [0.25, 0.3) is 0 Å². The zero-order valence-electron chi connectivity index (χ0n) is 9.99. The molecule has 0 aromatic carbocycles. The van der Waals surface area contributed by atoms with Gasteiger partial charge in [0.05, 0.1) is 6.54 Å². The van der Waals surface area contributed by atoms with Crippen molar-refractivity contribution < 1.29 is 9.59 Å². The molecular formula is C10H21N3O2. The Morgan fingerprint density at radius 2 is 1.87 bits per heavy atom. The number of rotatable bonds is 5. The lowest BCUT2D eigenvalue weighted by molar-refractivity contribution is -0.141. The molecule has 0 rings (SSSR count). The molecule has 0 heterocycles. The summed E-state index contributed by atoms with van der Waals surface area (Å²) in [5, 5.41) is 0. The van der Waals surface area contributed by atoms with Crippen LogP contribution in [0, 0.1) is 5.92 Å². The molecular weight excluding hydrogens is 194 g/mol. The number of amides is 2. The van der Waals surface area contributed by atoms with Gasteiger partial charge in [0, 0.05) is 33.1 Å². The maximum Gasteiger partial charge on any atom is 0.241 e. The highest BCUT2D eigenvalue weighted by molar-refractivity contribution is 5.85. The van der Waals surface area contributed by atoms with E-state index in [1.165, 1.54) is 9.80 Å². The van der Waals surface area contributed by atoms with Crippen LogP contribution in [0.1, 0.15) is 13.8 Å². The summed E-state index contributed by atoms with van der Waals surface area (Å²) < 4.78 is 0. The predicted molar refractivity (Wildman–Crippen MR) is 59.2 cm³/mol. The van der Waals surface area contributed by atoms with Gasteiger partial charge in [-0.05, 0) is 6.92 Å². The van der Waals surface area contributed by atoms with Crippen LogP contribution in [-0.4, -0.2) is 55.3 Å². The molecule has 0 aromatic rings. The van der Waals surface area contributed by atoms with Gasteiger partial charge in [0.1, 0.15) is 0 Å². The number of hydrogen-bond donors (Lipinski definition) is 1. The van der Waals surface area contributed by atoms with Crippen LogP contribution >= 0.6 is 0 Å². The highest BCUT2D eigenvalue weighted by atomic mass is 16.2. The Hall–Kier alpha value is -1.10. The van der Waals surface area contributed by atoms with Crippen LogP contribution in [-0.2, 0) is 9.59 Å². The number of hydrogen-bond acceptors (Lipinski definition) is 3. The van der Waals surface area contributed by atoms with Crippen molar-refractivity contribution in [3.05, 3.63) is 0 Å². The first kappa shape index (κ1) is 13.9. The number of carbonyl (C=O) groups excluding carboxylic acids is 2. The van der Waals surface area contributed by atoms with Crippen molar-refractivity contribution in [3.8, 4) is 0 Å². The molecule has 0 radical (unpaired) electrons. The molecule has 15 heavy (non-hydrogen) atoms. The fraction of sp³-hybridized carbons (Fsp3) is 0.800. The minimum atomic E-state index is -0.222. The van der Waals surface area contributed by atoms with Gasteiger partial charge in [-0.1, -0.05) is 6.92 Å². The Kier molecular flexibility index (Phi) is 5.93. The van der Waals surface area contributed by atoms with Gasteiger partial charge in [-0.3, -0.25) is 9.59 Å². The lowest BCUT2D eigenvalue weighted by Gasteiger charge is -2.24. The van der Waals surface area contributed by atoms with Crippen molar-refractivity contribution in [2.24, 2.45) is 11.7 Å². The van der Waals surface area contributed by atoms with Crippen LogP contribution in [0.4, 0.5) is 0 Å². The first-order valence-corrected chi connectivity index (χ1v) is 5.13. The summed E-state index contributed by atoms with van der Waals surface area (Å²) in [6, 6.07) is 0. The number of nitrogens with two attached hydrogens (primary N) is 1. The van der Waals surface area contributed by atoms with E-state index < -0.39 is 0 Å². The Balaban J connectivity index is 4.37. The Morgan fingerprint density at radius 3 is 2.20 bits per heavy atom. The van der Waals surface area contributed by atoms with Gasteiger partial charge >= 0.3 is 0 Å². The lowest BCUT2D eigenvalue weighted by atomic mass is 10.1. The second-order valence-corrected chi connectivity index (χ2v) is 3.78. The summed E-state index contributed by atoms with van der Waals surface area (Å²) in [5.41, 5.74) is 5.41. The number of carbonyl (C=O) groups is 2. The molecule has 2 N–H and O–H groups in total. The Morgan fingerprint density at radius 1 is 1.33 bits per heavy atom. The average molecular weight is 215 g/mol. The molecule has 0 aliphatic rings. The van der Waals surface area contributed by atoms with E-state index >= 15 is 0 Å². The van der Waals surface area contributed by atoms with Crippen molar-refractivity contribution in [1.29, 1.82) is 0 Å². The van der Waals surface area contributed by atoms with E-state index in [4.69, 9.17) is 5.73 Å². The Labute approximate surface area is 91.2 Å². The van der Waals surface area contributed by atoms with Crippen LogP contribution in [0.5, 0.6) is 0 Å². The molecule has 5 nitrogen and oxygen atoms in total. The molecule has 0 aromatic heterocycles. The van der Waals surface area contributed by atoms with Crippen molar-refractivity contribution in [1.82, 2.24) is 9.80 Å². The summed E-state index contributed by atoms with van der Waals surface area (Å²) in [7, 11) is 3.35. The minimum Gasteiger partial charge on any atom is -0.347 e. The van der Waals surface area contributed by atoms with E-state index in [0.717, 1.165) is 0 Å². The van der Waals surface area contributed by atoms with Gasteiger partial charge in [-0.2, -0.15) is 0 Å². The fourth-order valence-electron chi connectivity index (χ4n) is 1.06. The fourth-order valence-corrected chi connectivity index (χ4v) is 1.06. The van der Waals surface area contributed by atoms with Gasteiger partial charge in [0.2, 0.25) is 11.8 Å². The highest BCUT2D eigenvalue weighted by Crippen LogP contribution is 2.01. The van der Waals surface area contributed by atoms with Crippen molar-refractivity contribution in [2.45, 2.75) is 13.8 Å². The standard InChI is InChI=1S/C10H21N3O2/c1-5-13(7-9(14)12(3)4)10(15)8(2)6-11/h8H,5-7,11H2,1-4H3. The largest absolute Gasteiger partial charge is 0.347 e. The lowest BCUT2D eigenvalue weighted by Crippen LogP contribution is -2.43. The molecule has 0 aliphatic heterocycles. The summed E-state index contributed by atoms with van der Waals surface area (Å²) in [6.07, 6.45) is 0. The first-order chi connectivity index (χ1) is 6.93. The molecule has 1 atom stereocenters. The van der Waals surface area contributed by atoms with Crippen LogP contribution in [0.25, 0.3) is 0 Å². The monoisotopic (exact) mass is 215 g/mol. The molecule has 1 unspecified atom stereocenters. The molecule has 0 bridgehead atoms. The predicted octanol–water partition coefficient (Wildman–Crippen LogP) is -0.482. The summed E-state index contributed by atoms with van der Waals surface area (Å²) in [5.74, 6) is -0.357. The van der Waals surface area contributed by atoms with E-state index in [0.29, 0.717) is 13.1 Å². The van der Waals surface area contributed by atoms with Gasteiger partial charge in [0.15, 0.2) is 0 Å². The third kappa shape index (κ3) is 4.29. The van der Waals surface area contributed by atoms with E-state index in [-0.39, 0.29) is 24.3 Å². The minimum absolute atomic E-state index is 0.0600. The van der Waals surface area contributed by atoms with E-state index in [2.05, 4.69) is 0 Å². The number of nitrogens with zero attached hydrogens (tertiary/aromatic N) is 2. The van der Waals surface area contributed by atoms with E-state index in [9.17, 15) is 9.59 Å². The second-order valence-electron chi connectivity index (χ2n) is 3.78. The topological polar surface area (TPSA) is 66.6 Å². The summed E-state index contributed by atoms with van der Waals surface area (Å²) in [4.78, 5) is 26.2. The van der Waals surface area contributed by atoms with Crippen molar-refractivity contribution in [3.63, 3.8) is 0 Å². The zero-order valence-corrected chi connectivity index (χ0v) is 9.99. The van der Waals surface area contributed by atoms with Crippen molar-refractivity contribution in [2.75, 3.05) is 33.7 Å². The average Bonchev–Trinajstić information content (AvgIpc) is 2.23. The molecule has 88 valence electrons. The molecule has 2 amide bonds. The molecule has 0 spiro atoms. The highest BCUT2D eigenvalue weighted by Gasteiger charge is 2.20. The quantitative estimate of drug-likeness (QED) is 0.673. The smallest absolute Gasteiger partial charge is 0.241 e. The van der Waals surface area contributed by atoms with Gasteiger partial charge < -0.3 is 15.5 Å².